The number of amides is 1. The molecule has 30 heavy (non-hydrogen) atoms. The van der Waals surface area contributed by atoms with Gasteiger partial charge in [0.25, 0.3) is 0 Å². The summed E-state index contributed by atoms with van der Waals surface area (Å²) in [6, 6.07) is 17.0. The van der Waals surface area contributed by atoms with Crippen molar-refractivity contribution in [2.45, 2.75) is 6.42 Å². The van der Waals surface area contributed by atoms with Crippen molar-refractivity contribution in [3.8, 4) is 11.3 Å². The molecule has 0 unspecified atom stereocenters. The van der Waals surface area contributed by atoms with Crippen LogP contribution in [-0.2, 0) is 18.3 Å². The number of pyridine rings is 1. The molecular weight excluding hydrogens is 378 g/mol. The van der Waals surface area contributed by atoms with E-state index in [1.807, 2.05) is 67.5 Å². The quantitative estimate of drug-likeness (QED) is 0.536. The van der Waals surface area contributed by atoms with Crippen molar-refractivity contribution in [2.24, 2.45) is 7.05 Å². The Balaban J connectivity index is 1.46. The zero-order valence-corrected chi connectivity index (χ0v) is 16.7. The molecule has 0 bridgehead atoms. The Morgan fingerprint density at radius 3 is 2.57 bits per heavy atom. The Labute approximate surface area is 174 Å². The number of anilines is 3. The fourth-order valence-corrected chi connectivity index (χ4v) is 3.06. The van der Waals surface area contributed by atoms with Crippen molar-refractivity contribution in [3.05, 3.63) is 78.8 Å². The van der Waals surface area contributed by atoms with Crippen molar-refractivity contribution < 1.29 is 4.79 Å². The molecule has 3 heterocycles. The van der Waals surface area contributed by atoms with Crippen LogP contribution in [0.1, 0.15) is 5.56 Å². The Morgan fingerprint density at radius 1 is 1.03 bits per heavy atom. The van der Waals surface area contributed by atoms with Crippen molar-refractivity contribution >= 4 is 23.5 Å². The highest BCUT2D eigenvalue weighted by Gasteiger charge is 2.12. The summed E-state index contributed by atoms with van der Waals surface area (Å²) < 4.78 is 1.75. The van der Waals surface area contributed by atoms with Gasteiger partial charge in [0.05, 0.1) is 18.3 Å². The van der Waals surface area contributed by atoms with Crippen LogP contribution in [0.25, 0.3) is 11.3 Å². The molecule has 4 aromatic rings. The summed E-state index contributed by atoms with van der Waals surface area (Å²) in [5, 5.41) is 7.00. The van der Waals surface area contributed by atoms with Crippen LogP contribution in [0.3, 0.4) is 0 Å². The second kappa shape index (κ2) is 8.52. The van der Waals surface area contributed by atoms with E-state index in [0.29, 0.717) is 18.2 Å². The minimum Gasteiger partial charge on any atom is -0.310 e. The monoisotopic (exact) mass is 399 g/mol. The zero-order chi connectivity index (χ0) is 20.9. The number of carbonyl (C=O) groups excluding carboxylic acids is 1. The van der Waals surface area contributed by atoms with E-state index < -0.39 is 0 Å². The molecule has 0 saturated heterocycles. The third-order valence-corrected chi connectivity index (χ3v) is 4.62. The number of rotatable bonds is 6. The lowest BCUT2D eigenvalue weighted by Gasteiger charge is -2.17. The third kappa shape index (κ3) is 4.33. The normalized spacial score (nSPS) is 10.6. The first-order chi connectivity index (χ1) is 14.6. The zero-order valence-electron chi connectivity index (χ0n) is 16.7. The molecule has 1 N–H and O–H groups in total. The highest BCUT2D eigenvalue weighted by molar-refractivity contribution is 5.91. The molecule has 0 aliphatic heterocycles. The molecule has 0 aliphatic rings. The SMILES string of the molecule is CN(c1nccc(-c2ccc(NC(=O)Cc3ccccc3)nc2)n1)c1ccnn1C. The third-order valence-electron chi connectivity index (χ3n) is 4.62. The van der Waals surface area contributed by atoms with Gasteiger partial charge in [0.15, 0.2) is 0 Å². The molecule has 0 aliphatic carbocycles. The van der Waals surface area contributed by atoms with Crippen LogP contribution in [0, 0.1) is 0 Å². The van der Waals surface area contributed by atoms with E-state index in [1.165, 1.54) is 0 Å². The summed E-state index contributed by atoms with van der Waals surface area (Å²) in [7, 11) is 3.75. The molecule has 0 saturated carbocycles. The first-order valence-electron chi connectivity index (χ1n) is 9.45. The van der Waals surface area contributed by atoms with Gasteiger partial charge in [0, 0.05) is 38.1 Å². The second-order valence-electron chi connectivity index (χ2n) is 6.76. The average molecular weight is 399 g/mol. The Bertz CT molecular complexity index is 1140. The maximum absolute atomic E-state index is 12.2. The minimum atomic E-state index is -0.108. The van der Waals surface area contributed by atoms with E-state index in [4.69, 9.17) is 0 Å². The summed E-state index contributed by atoms with van der Waals surface area (Å²) in [5.41, 5.74) is 2.53. The molecule has 0 spiro atoms. The van der Waals surface area contributed by atoms with Gasteiger partial charge < -0.3 is 5.32 Å². The summed E-state index contributed by atoms with van der Waals surface area (Å²) in [4.78, 5) is 27.4. The fourth-order valence-electron chi connectivity index (χ4n) is 3.06. The van der Waals surface area contributed by atoms with E-state index in [2.05, 4.69) is 25.4 Å². The van der Waals surface area contributed by atoms with Gasteiger partial charge >= 0.3 is 0 Å². The van der Waals surface area contributed by atoms with Crippen LogP contribution in [0.4, 0.5) is 17.6 Å². The van der Waals surface area contributed by atoms with Crippen molar-refractivity contribution in [2.75, 3.05) is 17.3 Å². The summed E-state index contributed by atoms with van der Waals surface area (Å²) in [6.45, 7) is 0. The molecule has 1 amide bonds. The maximum Gasteiger partial charge on any atom is 0.231 e. The predicted octanol–water partition coefficient (Wildman–Crippen LogP) is 3.22. The lowest BCUT2D eigenvalue weighted by atomic mass is 10.1. The van der Waals surface area contributed by atoms with Gasteiger partial charge in [-0.15, -0.1) is 0 Å². The molecular formula is C22H21N7O. The standard InChI is InChI=1S/C22H21N7O/c1-28(21-11-13-25-29(21)2)22-23-12-10-18(26-22)17-8-9-19(24-15-17)27-20(30)14-16-6-4-3-5-7-16/h3-13,15H,14H2,1-2H3,(H,24,27,30). The highest BCUT2D eigenvalue weighted by atomic mass is 16.1. The minimum absolute atomic E-state index is 0.108. The lowest BCUT2D eigenvalue weighted by Crippen LogP contribution is -2.16. The number of aromatic nitrogens is 5. The predicted molar refractivity (Wildman–Crippen MR) is 115 cm³/mol. The van der Waals surface area contributed by atoms with E-state index >= 15 is 0 Å². The van der Waals surface area contributed by atoms with Gasteiger partial charge in [-0.2, -0.15) is 5.10 Å². The average Bonchev–Trinajstić information content (AvgIpc) is 3.20. The number of hydrogen-bond acceptors (Lipinski definition) is 6. The molecule has 4 rings (SSSR count). The number of nitrogens with one attached hydrogen (secondary N) is 1. The molecule has 8 heteroatoms. The van der Waals surface area contributed by atoms with Crippen molar-refractivity contribution in [1.29, 1.82) is 0 Å². The maximum atomic E-state index is 12.2. The number of nitrogens with zero attached hydrogens (tertiary/aromatic N) is 6. The van der Waals surface area contributed by atoms with E-state index in [1.54, 1.807) is 29.3 Å². The van der Waals surface area contributed by atoms with E-state index in [9.17, 15) is 4.79 Å². The molecule has 150 valence electrons. The largest absolute Gasteiger partial charge is 0.310 e. The fraction of sp³-hybridized carbons (Fsp3) is 0.136. The number of benzene rings is 1. The van der Waals surface area contributed by atoms with Crippen LogP contribution in [0.15, 0.2) is 73.2 Å². The van der Waals surface area contributed by atoms with Crippen LogP contribution < -0.4 is 10.2 Å². The Morgan fingerprint density at radius 2 is 1.87 bits per heavy atom. The van der Waals surface area contributed by atoms with E-state index in [-0.39, 0.29) is 5.91 Å². The molecule has 3 aromatic heterocycles. The van der Waals surface area contributed by atoms with Crippen LogP contribution >= 0.6 is 0 Å². The topological polar surface area (TPSA) is 88.8 Å². The van der Waals surface area contributed by atoms with Gasteiger partial charge in [-0.25, -0.2) is 15.0 Å². The van der Waals surface area contributed by atoms with Gasteiger partial charge in [0.2, 0.25) is 11.9 Å². The van der Waals surface area contributed by atoms with Gasteiger partial charge in [-0.1, -0.05) is 30.3 Å². The smallest absolute Gasteiger partial charge is 0.231 e. The summed E-state index contributed by atoms with van der Waals surface area (Å²) in [6.07, 6.45) is 5.43. The van der Waals surface area contributed by atoms with E-state index in [0.717, 1.165) is 22.6 Å². The number of hydrogen-bond donors (Lipinski definition) is 1. The Hall–Kier alpha value is -4.07. The van der Waals surface area contributed by atoms with Crippen molar-refractivity contribution in [3.63, 3.8) is 0 Å². The molecule has 1 aromatic carbocycles. The Kier molecular flexibility index (Phi) is 5.47. The number of carbonyl (C=O) groups is 1. The lowest BCUT2D eigenvalue weighted by molar-refractivity contribution is -0.115. The summed E-state index contributed by atoms with van der Waals surface area (Å²) >= 11 is 0. The summed E-state index contributed by atoms with van der Waals surface area (Å²) in [5.74, 6) is 1.82. The molecule has 0 atom stereocenters. The first kappa shape index (κ1) is 19.3. The van der Waals surface area contributed by atoms with Crippen LogP contribution in [0.5, 0.6) is 0 Å². The van der Waals surface area contributed by atoms with Crippen molar-refractivity contribution in [1.82, 2.24) is 24.7 Å². The second-order valence-corrected chi connectivity index (χ2v) is 6.76. The van der Waals surface area contributed by atoms with Gasteiger partial charge in [0.1, 0.15) is 11.6 Å². The number of aryl methyl sites for hydroxylation is 1. The van der Waals surface area contributed by atoms with Crippen LogP contribution in [-0.4, -0.2) is 37.7 Å². The van der Waals surface area contributed by atoms with Gasteiger partial charge in [-0.3, -0.25) is 14.4 Å². The first-order valence-corrected chi connectivity index (χ1v) is 9.45. The molecule has 0 fully saturated rings. The highest BCUT2D eigenvalue weighted by Crippen LogP contribution is 2.23. The van der Waals surface area contributed by atoms with Crippen LogP contribution in [0.2, 0.25) is 0 Å². The molecule has 8 nitrogen and oxygen atoms in total. The van der Waals surface area contributed by atoms with Gasteiger partial charge in [-0.05, 0) is 23.8 Å². The molecule has 0 radical (unpaired) electrons.